The number of benzene rings is 2. The highest BCUT2D eigenvalue weighted by molar-refractivity contribution is 6.47. The molecule has 0 fully saturated rings. The molecule has 0 amide bonds. The highest BCUT2D eigenvalue weighted by Gasteiger charge is 2.38. The molecule has 31 heavy (non-hydrogen) atoms. The molecule has 1 atom stereocenters. The van der Waals surface area contributed by atoms with Crippen molar-refractivity contribution in [1.29, 1.82) is 0 Å². The van der Waals surface area contributed by atoms with Gasteiger partial charge in [-0.3, -0.25) is 9.48 Å². The maximum absolute atomic E-state index is 13.0. The molecule has 3 aromatic rings. The standard InChI is InChI=1S/C23H23BN2O5/c1-3-30-23(28)18-11-7-10-16-12-17(24(29)31-22(16)18)13-21(27)20-14-19(25-26(20)2)15-8-5-4-6-9-15/h4-11,14,17,29H,3,12-13H2,1-2H3/t17-/m1/s1. The van der Waals surface area contributed by atoms with Crippen molar-refractivity contribution in [2.75, 3.05) is 6.61 Å². The summed E-state index contributed by atoms with van der Waals surface area (Å²) in [4.78, 5) is 25.2. The molecular weight excluding hydrogens is 395 g/mol. The van der Waals surface area contributed by atoms with E-state index in [2.05, 4.69) is 5.10 Å². The predicted octanol–water partition coefficient (Wildman–Crippen LogP) is 3.32. The molecule has 1 N–H and O–H groups in total. The van der Waals surface area contributed by atoms with E-state index in [1.54, 1.807) is 36.9 Å². The van der Waals surface area contributed by atoms with Gasteiger partial charge in [-0.2, -0.15) is 5.10 Å². The maximum atomic E-state index is 13.0. The Hall–Kier alpha value is -3.39. The van der Waals surface area contributed by atoms with Gasteiger partial charge in [0.2, 0.25) is 0 Å². The zero-order chi connectivity index (χ0) is 22.0. The number of aryl methyl sites for hydroxylation is 1. The molecule has 0 saturated carbocycles. The van der Waals surface area contributed by atoms with Crippen molar-refractivity contribution in [2.24, 2.45) is 7.05 Å². The minimum atomic E-state index is -1.20. The number of fused-ring (bicyclic) bond motifs is 1. The fraction of sp³-hybridized carbons (Fsp3) is 0.261. The lowest BCUT2D eigenvalue weighted by Crippen LogP contribution is -2.36. The minimum Gasteiger partial charge on any atom is -0.535 e. The van der Waals surface area contributed by atoms with E-state index in [0.29, 0.717) is 17.9 Å². The van der Waals surface area contributed by atoms with Gasteiger partial charge in [-0.15, -0.1) is 0 Å². The van der Waals surface area contributed by atoms with Crippen LogP contribution in [-0.4, -0.2) is 40.3 Å². The molecule has 158 valence electrons. The largest absolute Gasteiger partial charge is 0.535 e. The summed E-state index contributed by atoms with van der Waals surface area (Å²) in [6, 6.07) is 16.6. The van der Waals surface area contributed by atoms with Crippen molar-refractivity contribution in [3.05, 3.63) is 71.4 Å². The molecule has 0 bridgehead atoms. The number of hydrogen-bond donors (Lipinski definition) is 1. The maximum Gasteiger partial charge on any atom is 0.526 e. The molecule has 7 nitrogen and oxygen atoms in total. The number of ether oxygens (including phenoxy) is 1. The number of hydrogen-bond acceptors (Lipinski definition) is 6. The Balaban J connectivity index is 1.52. The van der Waals surface area contributed by atoms with E-state index in [1.807, 2.05) is 36.4 Å². The Morgan fingerprint density at radius 1 is 1.23 bits per heavy atom. The first-order valence-electron chi connectivity index (χ1n) is 10.2. The summed E-state index contributed by atoms with van der Waals surface area (Å²) >= 11 is 0. The normalized spacial score (nSPS) is 15.2. The van der Waals surface area contributed by atoms with Crippen molar-refractivity contribution in [3.63, 3.8) is 0 Å². The van der Waals surface area contributed by atoms with E-state index >= 15 is 0 Å². The summed E-state index contributed by atoms with van der Waals surface area (Å²) in [5.41, 5.74) is 3.16. The third kappa shape index (κ3) is 4.25. The first kappa shape index (κ1) is 20.9. The van der Waals surface area contributed by atoms with E-state index in [9.17, 15) is 14.6 Å². The van der Waals surface area contributed by atoms with Crippen LogP contribution in [0.3, 0.4) is 0 Å². The molecule has 1 aromatic heterocycles. The van der Waals surface area contributed by atoms with Gasteiger partial charge in [-0.05, 0) is 31.0 Å². The van der Waals surface area contributed by atoms with Gasteiger partial charge in [0.15, 0.2) is 5.78 Å². The molecule has 2 heterocycles. The van der Waals surface area contributed by atoms with Gasteiger partial charge >= 0.3 is 13.1 Å². The third-order valence-electron chi connectivity index (χ3n) is 5.40. The van der Waals surface area contributed by atoms with E-state index in [-0.39, 0.29) is 24.4 Å². The lowest BCUT2D eigenvalue weighted by molar-refractivity contribution is 0.0523. The SMILES string of the molecule is CCOC(=O)c1cccc2c1OB(O)[C@@H](CC(=O)c1cc(-c3ccccc3)nn1C)C2. The fourth-order valence-electron chi connectivity index (χ4n) is 3.85. The van der Waals surface area contributed by atoms with E-state index in [4.69, 9.17) is 9.39 Å². The molecule has 0 radical (unpaired) electrons. The molecule has 0 spiro atoms. The van der Waals surface area contributed by atoms with Gasteiger partial charge in [-0.25, -0.2) is 4.79 Å². The summed E-state index contributed by atoms with van der Waals surface area (Å²) in [5.74, 6) is -0.740. The van der Waals surface area contributed by atoms with Gasteiger partial charge in [0.25, 0.3) is 0 Å². The second kappa shape index (κ2) is 8.77. The highest BCUT2D eigenvalue weighted by Crippen LogP contribution is 2.37. The molecule has 0 aliphatic carbocycles. The Labute approximate surface area is 180 Å². The monoisotopic (exact) mass is 418 g/mol. The lowest BCUT2D eigenvalue weighted by Gasteiger charge is -2.28. The Kier molecular flexibility index (Phi) is 5.91. The summed E-state index contributed by atoms with van der Waals surface area (Å²) in [6.45, 7) is 1.98. The predicted molar refractivity (Wildman–Crippen MR) is 116 cm³/mol. The van der Waals surface area contributed by atoms with Crippen LogP contribution in [0, 0.1) is 0 Å². The number of para-hydroxylation sites is 1. The number of Topliss-reactive ketones (excluding diaryl/α,β-unsaturated/α-hetero) is 1. The fourth-order valence-corrected chi connectivity index (χ4v) is 3.85. The number of nitrogens with zero attached hydrogens (tertiary/aromatic N) is 2. The van der Waals surface area contributed by atoms with Crippen LogP contribution >= 0.6 is 0 Å². The molecule has 1 aliphatic rings. The third-order valence-corrected chi connectivity index (χ3v) is 5.40. The summed E-state index contributed by atoms with van der Waals surface area (Å²) in [5, 5.41) is 15.0. The highest BCUT2D eigenvalue weighted by atomic mass is 16.5. The minimum absolute atomic E-state index is 0.0952. The van der Waals surface area contributed by atoms with Gasteiger partial charge in [-0.1, -0.05) is 42.5 Å². The number of carbonyl (C=O) groups is 2. The summed E-state index contributed by atoms with van der Waals surface area (Å²) in [6.07, 6.45) is 0.511. The number of rotatable bonds is 6. The van der Waals surface area contributed by atoms with Crippen LogP contribution in [0.5, 0.6) is 5.75 Å². The van der Waals surface area contributed by atoms with Crippen LogP contribution in [0.2, 0.25) is 5.82 Å². The average Bonchev–Trinajstić information content (AvgIpc) is 3.16. The molecule has 4 rings (SSSR count). The molecule has 2 aromatic carbocycles. The van der Waals surface area contributed by atoms with Crippen molar-refractivity contribution in [2.45, 2.75) is 25.6 Å². The van der Waals surface area contributed by atoms with Crippen LogP contribution in [0.15, 0.2) is 54.6 Å². The topological polar surface area (TPSA) is 90.7 Å². The molecule has 1 aliphatic heterocycles. The van der Waals surface area contributed by atoms with Crippen molar-refractivity contribution >= 4 is 18.9 Å². The average molecular weight is 418 g/mol. The summed E-state index contributed by atoms with van der Waals surface area (Å²) < 4.78 is 12.3. The number of ketones is 1. The zero-order valence-corrected chi connectivity index (χ0v) is 17.4. The van der Waals surface area contributed by atoms with Crippen molar-refractivity contribution < 1.29 is 24.0 Å². The number of esters is 1. The van der Waals surface area contributed by atoms with Gasteiger partial charge in [0.05, 0.1) is 12.3 Å². The van der Waals surface area contributed by atoms with Crippen LogP contribution in [0.4, 0.5) is 0 Å². The zero-order valence-electron chi connectivity index (χ0n) is 17.4. The Morgan fingerprint density at radius 3 is 2.74 bits per heavy atom. The van der Waals surface area contributed by atoms with E-state index < -0.39 is 18.9 Å². The summed E-state index contributed by atoms with van der Waals surface area (Å²) in [7, 11) is 0.530. The second-order valence-electron chi connectivity index (χ2n) is 7.52. The van der Waals surface area contributed by atoms with Gasteiger partial charge < -0.3 is 14.4 Å². The molecular formula is C23H23BN2O5. The number of aromatic nitrogens is 2. The molecule has 0 saturated heterocycles. The van der Waals surface area contributed by atoms with Crippen LogP contribution < -0.4 is 4.65 Å². The first-order valence-corrected chi connectivity index (χ1v) is 10.2. The van der Waals surface area contributed by atoms with Gasteiger partial charge in [0, 0.05) is 24.8 Å². The first-order chi connectivity index (χ1) is 15.0. The smallest absolute Gasteiger partial charge is 0.526 e. The van der Waals surface area contributed by atoms with Crippen LogP contribution in [0.25, 0.3) is 11.3 Å². The lowest BCUT2D eigenvalue weighted by atomic mass is 9.64. The number of carbonyl (C=O) groups excluding carboxylic acids is 2. The van der Waals surface area contributed by atoms with E-state index in [1.165, 1.54) is 0 Å². The Morgan fingerprint density at radius 2 is 2.00 bits per heavy atom. The van der Waals surface area contributed by atoms with Gasteiger partial charge in [0.1, 0.15) is 17.0 Å². The second-order valence-corrected chi connectivity index (χ2v) is 7.52. The van der Waals surface area contributed by atoms with Crippen molar-refractivity contribution in [3.8, 4) is 17.0 Å². The van der Waals surface area contributed by atoms with E-state index in [0.717, 1.165) is 16.8 Å². The Bertz CT molecular complexity index is 1110. The van der Waals surface area contributed by atoms with Crippen LogP contribution in [-0.2, 0) is 18.2 Å². The quantitative estimate of drug-likeness (QED) is 0.375. The molecule has 0 unspecified atom stereocenters. The molecule has 8 heteroatoms. The van der Waals surface area contributed by atoms with Crippen LogP contribution in [0.1, 0.15) is 39.8 Å². The van der Waals surface area contributed by atoms with Crippen molar-refractivity contribution in [1.82, 2.24) is 9.78 Å².